The van der Waals surface area contributed by atoms with Gasteiger partial charge < -0.3 is 15.1 Å². The largest absolute Gasteiger partial charge is 0.467 e. The molecule has 2 aromatic heterocycles. The molecule has 1 aromatic carbocycles. The number of carbonyl (C=O) groups is 1. The number of aromatic nitrogens is 2. The first-order chi connectivity index (χ1) is 11.7. The average molecular weight is 425 g/mol. The van der Waals surface area contributed by atoms with Crippen LogP contribution in [0.2, 0.25) is 0 Å². The molecule has 0 unspecified atom stereocenters. The van der Waals surface area contributed by atoms with Crippen molar-refractivity contribution < 1.29 is 9.21 Å². The molecular formula is C15H13BrN4O2S2. The number of nitrogens with zero attached hydrogens (tertiary/aromatic N) is 2. The van der Waals surface area contributed by atoms with E-state index in [4.69, 9.17) is 4.42 Å². The Hall–Kier alpha value is -1.84. The van der Waals surface area contributed by atoms with Gasteiger partial charge in [0.1, 0.15) is 5.76 Å². The summed E-state index contributed by atoms with van der Waals surface area (Å²) in [6.45, 7) is 0.550. The molecule has 0 aliphatic carbocycles. The number of carbonyl (C=O) groups excluding carboxylic acids is 1. The van der Waals surface area contributed by atoms with Crippen LogP contribution in [0.25, 0.3) is 0 Å². The number of furan rings is 1. The summed E-state index contributed by atoms with van der Waals surface area (Å²) in [4.78, 5) is 12.0. The summed E-state index contributed by atoms with van der Waals surface area (Å²) in [5.74, 6) is 1.01. The Morgan fingerprint density at radius 1 is 1.25 bits per heavy atom. The SMILES string of the molecule is O=C(CSc1nnc(NCc2ccco2)s1)Nc1ccccc1Br. The van der Waals surface area contributed by atoms with Crippen LogP contribution in [-0.2, 0) is 11.3 Å². The van der Waals surface area contributed by atoms with Gasteiger partial charge in [-0.05, 0) is 40.2 Å². The third-order valence-corrected chi connectivity index (χ3v) is 5.58. The minimum Gasteiger partial charge on any atom is -0.467 e. The summed E-state index contributed by atoms with van der Waals surface area (Å²) in [6, 6.07) is 11.2. The van der Waals surface area contributed by atoms with E-state index in [0.717, 1.165) is 20.3 Å². The maximum absolute atomic E-state index is 12.0. The van der Waals surface area contributed by atoms with Crippen molar-refractivity contribution in [2.75, 3.05) is 16.4 Å². The molecule has 0 bridgehead atoms. The van der Waals surface area contributed by atoms with Gasteiger partial charge in [-0.3, -0.25) is 4.79 Å². The normalized spacial score (nSPS) is 10.5. The summed E-state index contributed by atoms with van der Waals surface area (Å²) in [5.41, 5.74) is 0.751. The van der Waals surface area contributed by atoms with Crippen LogP contribution >= 0.6 is 39.0 Å². The van der Waals surface area contributed by atoms with E-state index in [1.165, 1.54) is 23.1 Å². The standard InChI is InChI=1S/C15H13BrN4O2S2/c16-11-5-1-2-6-12(11)18-13(21)9-23-15-20-19-14(24-15)17-8-10-4-3-7-22-10/h1-7H,8-9H2,(H,17,19)(H,18,21). The molecule has 2 heterocycles. The zero-order chi connectivity index (χ0) is 16.8. The van der Waals surface area contributed by atoms with Gasteiger partial charge >= 0.3 is 0 Å². The molecule has 24 heavy (non-hydrogen) atoms. The zero-order valence-electron chi connectivity index (χ0n) is 12.4. The lowest BCUT2D eigenvalue weighted by atomic mass is 10.3. The lowest BCUT2D eigenvalue weighted by molar-refractivity contribution is -0.113. The maximum Gasteiger partial charge on any atom is 0.234 e. The second-order valence-corrected chi connectivity index (χ2v) is 7.68. The van der Waals surface area contributed by atoms with Crippen LogP contribution in [0.3, 0.4) is 0 Å². The van der Waals surface area contributed by atoms with Gasteiger partial charge in [-0.25, -0.2) is 0 Å². The molecule has 0 saturated heterocycles. The fraction of sp³-hybridized carbons (Fsp3) is 0.133. The molecule has 3 aromatic rings. The third-order valence-electron chi connectivity index (χ3n) is 2.88. The Morgan fingerprint density at radius 3 is 2.92 bits per heavy atom. The lowest BCUT2D eigenvalue weighted by Gasteiger charge is -2.05. The Bertz CT molecular complexity index is 807. The summed E-state index contributed by atoms with van der Waals surface area (Å²) >= 11 is 6.16. The van der Waals surface area contributed by atoms with Crippen LogP contribution in [0.15, 0.2) is 55.9 Å². The fourth-order valence-corrected chi connectivity index (χ4v) is 3.72. The van der Waals surface area contributed by atoms with Gasteiger partial charge in [0, 0.05) is 4.47 Å². The second-order valence-electron chi connectivity index (χ2n) is 4.62. The molecule has 2 N–H and O–H groups in total. The first-order valence-corrected chi connectivity index (χ1v) is 9.57. The molecule has 0 radical (unpaired) electrons. The van der Waals surface area contributed by atoms with Crippen molar-refractivity contribution in [2.45, 2.75) is 10.9 Å². The van der Waals surface area contributed by atoms with E-state index < -0.39 is 0 Å². The van der Waals surface area contributed by atoms with Crippen LogP contribution < -0.4 is 10.6 Å². The molecule has 124 valence electrons. The van der Waals surface area contributed by atoms with Crippen molar-refractivity contribution in [3.8, 4) is 0 Å². The highest BCUT2D eigenvalue weighted by Crippen LogP contribution is 2.26. The minimum absolute atomic E-state index is 0.0906. The Balaban J connectivity index is 1.46. The Morgan fingerprint density at radius 2 is 2.12 bits per heavy atom. The summed E-state index contributed by atoms with van der Waals surface area (Å²) in [5, 5.41) is 14.8. The number of halogens is 1. The number of hydrogen-bond acceptors (Lipinski definition) is 7. The second kappa shape index (κ2) is 8.32. The van der Waals surface area contributed by atoms with E-state index in [1.54, 1.807) is 6.26 Å². The molecule has 3 rings (SSSR count). The van der Waals surface area contributed by atoms with Crippen molar-refractivity contribution in [1.29, 1.82) is 0 Å². The molecule has 0 fully saturated rings. The van der Waals surface area contributed by atoms with E-state index in [0.29, 0.717) is 11.7 Å². The lowest BCUT2D eigenvalue weighted by Crippen LogP contribution is -2.14. The summed E-state index contributed by atoms with van der Waals surface area (Å²) < 4.78 is 6.83. The highest BCUT2D eigenvalue weighted by molar-refractivity contribution is 9.10. The van der Waals surface area contributed by atoms with Gasteiger partial charge in [0.25, 0.3) is 0 Å². The number of amides is 1. The monoisotopic (exact) mass is 424 g/mol. The van der Waals surface area contributed by atoms with E-state index in [2.05, 4.69) is 36.8 Å². The number of rotatable bonds is 7. The highest BCUT2D eigenvalue weighted by atomic mass is 79.9. The molecule has 0 saturated carbocycles. The molecule has 1 amide bonds. The predicted octanol–water partition coefficient (Wildman–Crippen LogP) is 4.24. The molecule has 0 aliphatic heterocycles. The minimum atomic E-state index is -0.0906. The number of benzene rings is 1. The number of thioether (sulfide) groups is 1. The van der Waals surface area contributed by atoms with Gasteiger partial charge in [0.05, 0.1) is 24.2 Å². The van der Waals surface area contributed by atoms with E-state index in [-0.39, 0.29) is 11.7 Å². The number of nitrogens with one attached hydrogen (secondary N) is 2. The smallest absolute Gasteiger partial charge is 0.234 e. The van der Waals surface area contributed by atoms with Gasteiger partial charge in [-0.15, -0.1) is 10.2 Å². The molecular weight excluding hydrogens is 412 g/mol. The quantitative estimate of drug-likeness (QED) is 0.552. The van der Waals surface area contributed by atoms with Gasteiger partial charge in [-0.1, -0.05) is 35.2 Å². The van der Waals surface area contributed by atoms with Crippen LogP contribution in [-0.4, -0.2) is 21.9 Å². The number of anilines is 2. The average Bonchev–Trinajstić information content (AvgIpc) is 3.25. The van der Waals surface area contributed by atoms with Crippen LogP contribution in [0.5, 0.6) is 0 Å². The topological polar surface area (TPSA) is 80.1 Å². The van der Waals surface area contributed by atoms with Crippen molar-refractivity contribution >= 4 is 55.8 Å². The van der Waals surface area contributed by atoms with Crippen LogP contribution in [0.1, 0.15) is 5.76 Å². The van der Waals surface area contributed by atoms with Crippen molar-refractivity contribution in [2.24, 2.45) is 0 Å². The van der Waals surface area contributed by atoms with Gasteiger partial charge in [0.15, 0.2) is 4.34 Å². The Labute approximate surface area is 155 Å². The van der Waals surface area contributed by atoms with E-state index >= 15 is 0 Å². The summed E-state index contributed by atoms with van der Waals surface area (Å²) in [7, 11) is 0. The summed E-state index contributed by atoms with van der Waals surface area (Å²) in [6.07, 6.45) is 1.63. The molecule has 9 heteroatoms. The first-order valence-electron chi connectivity index (χ1n) is 6.97. The van der Waals surface area contributed by atoms with Crippen molar-refractivity contribution in [3.63, 3.8) is 0 Å². The van der Waals surface area contributed by atoms with Crippen LogP contribution in [0, 0.1) is 0 Å². The Kier molecular flexibility index (Phi) is 5.89. The zero-order valence-corrected chi connectivity index (χ0v) is 15.6. The first kappa shape index (κ1) is 17.0. The number of hydrogen-bond donors (Lipinski definition) is 2. The van der Waals surface area contributed by atoms with Gasteiger partial charge in [-0.2, -0.15) is 0 Å². The third kappa shape index (κ3) is 4.83. The van der Waals surface area contributed by atoms with E-state index in [1.807, 2.05) is 36.4 Å². The molecule has 0 aliphatic rings. The van der Waals surface area contributed by atoms with E-state index in [9.17, 15) is 4.79 Å². The highest BCUT2D eigenvalue weighted by Gasteiger charge is 2.10. The maximum atomic E-state index is 12.0. The fourth-order valence-electron chi connectivity index (χ4n) is 1.79. The van der Waals surface area contributed by atoms with Crippen LogP contribution in [0.4, 0.5) is 10.8 Å². The molecule has 6 nitrogen and oxygen atoms in total. The molecule has 0 atom stereocenters. The molecule has 0 spiro atoms. The predicted molar refractivity (Wildman–Crippen MR) is 99.4 cm³/mol. The van der Waals surface area contributed by atoms with Gasteiger partial charge in [0.2, 0.25) is 11.0 Å². The van der Waals surface area contributed by atoms with Crippen molar-refractivity contribution in [3.05, 3.63) is 52.9 Å². The van der Waals surface area contributed by atoms with Crippen molar-refractivity contribution in [1.82, 2.24) is 10.2 Å². The number of para-hydroxylation sites is 1.